The van der Waals surface area contributed by atoms with Gasteiger partial charge in [0.05, 0.1) is 17.1 Å². The molecule has 0 unspecified atom stereocenters. The number of carbonyl (C=O) groups excluding carboxylic acids is 1. The number of H-pyrrole nitrogens is 1. The van der Waals surface area contributed by atoms with Crippen LogP contribution in [0.15, 0.2) is 58.8 Å². The van der Waals surface area contributed by atoms with E-state index in [0.717, 1.165) is 21.8 Å². The average molecular weight is 376 g/mol. The summed E-state index contributed by atoms with van der Waals surface area (Å²) >= 11 is 1.58. The molecule has 5 rings (SSSR count). The molecular weight excluding hydrogens is 360 g/mol. The van der Waals surface area contributed by atoms with Gasteiger partial charge in [-0.1, -0.05) is 24.3 Å². The van der Waals surface area contributed by atoms with Gasteiger partial charge in [0.1, 0.15) is 5.65 Å². The summed E-state index contributed by atoms with van der Waals surface area (Å²) < 4.78 is 1.55. The number of rotatable bonds is 2. The summed E-state index contributed by atoms with van der Waals surface area (Å²) in [5.41, 5.74) is 3.66. The van der Waals surface area contributed by atoms with Crippen LogP contribution in [-0.4, -0.2) is 31.7 Å². The van der Waals surface area contributed by atoms with E-state index < -0.39 is 0 Å². The lowest BCUT2D eigenvalue weighted by atomic mass is 10.1. The molecule has 1 amide bonds. The second kappa shape index (κ2) is 6.21. The average Bonchev–Trinajstić information content (AvgIpc) is 3.38. The highest BCUT2D eigenvalue weighted by molar-refractivity contribution is 7.13. The number of benzene rings is 1. The van der Waals surface area contributed by atoms with Gasteiger partial charge in [0.25, 0.3) is 5.91 Å². The first-order valence-electron chi connectivity index (χ1n) is 8.72. The molecule has 1 aliphatic heterocycles. The number of carbonyl (C=O) groups is 1. The molecule has 0 fully saturated rings. The molecule has 3 aromatic heterocycles. The van der Waals surface area contributed by atoms with Gasteiger partial charge in [-0.2, -0.15) is 0 Å². The van der Waals surface area contributed by atoms with E-state index in [1.165, 1.54) is 0 Å². The number of imidazole rings is 1. The number of thiophene rings is 1. The third-order valence-electron chi connectivity index (χ3n) is 4.88. The first-order valence-corrected chi connectivity index (χ1v) is 9.60. The second-order valence-electron chi connectivity index (χ2n) is 6.53. The molecule has 0 spiro atoms. The van der Waals surface area contributed by atoms with Crippen LogP contribution in [0.1, 0.15) is 21.6 Å². The number of fused-ring (bicyclic) bond motifs is 3. The molecule has 1 N–H and O–H groups in total. The topological polar surface area (TPSA) is 70.5 Å². The Bertz CT molecular complexity index is 1190. The molecule has 0 saturated heterocycles. The highest BCUT2D eigenvalue weighted by atomic mass is 32.1. The molecule has 1 aliphatic rings. The number of amides is 1. The fourth-order valence-corrected chi connectivity index (χ4v) is 4.20. The van der Waals surface area contributed by atoms with Crippen LogP contribution in [0.2, 0.25) is 0 Å². The van der Waals surface area contributed by atoms with Crippen LogP contribution in [0.5, 0.6) is 0 Å². The van der Waals surface area contributed by atoms with Crippen molar-refractivity contribution in [2.45, 2.75) is 13.0 Å². The molecule has 0 atom stereocenters. The minimum atomic E-state index is -0.193. The van der Waals surface area contributed by atoms with E-state index in [0.29, 0.717) is 30.7 Å². The maximum Gasteiger partial charge on any atom is 0.331 e. The maximum absolute atomic E-state index is 12.8. The third kappa shape index (κ3) is 2.67. The van der Waals surface area contributed by atoms with E-state index in [-0.39, 0.29) is 11.6 Å². The van der Waals surface area contributed by atoms with Gasteiger partial charge < -0.3 is 9.88 Å². The van der Waals surface area contributed by atoms with E-state index in [2.05, 4.69) is 4.98 Å². The van der Waals surface area contributed by atoms with Crippen LogP contribution in [0, 0.1) is 0 Å². The molecule has 27 heavy (non-hydrogen) atoms. The van der Waals surface area contributed by atoms with Gasteiger partial charge in [-0.25, -0.2) is 9.78 Å². The Morgan fingerprint density at radius 1 is 1.15 bits per heavy atom. The first kappa shape index (κ1) is 16.0. The fraction of sp³-hybridized carbons (Fsp3) is 0.150. The fourth-order valence-electron chi connectivity index (χ4n) is 3.52. The minimum Gasteiger partial charge on any atom is -0.334 e. The SMILES string of the molecule is O=C(c1ccccc1)N1CCc2[nH]c(=O)n3cc(-c4cccs4)nc3c2C1. The summed E-state index contributed by atoms with van der Waals surface area (Å²) in [5.74, 6) is -0.00404. The molecule has 6 nitrogen and oxygen atoms in total. The molecule has 0 aliphatic carbocycles. The Morgan fingerprint density at radius 3 is 2.78 bits per heavy atom. The Labute approximate surface area is 158 Å². The molecule has 0 radical (unpaired) electrons. The predicted octanol–water partition coefficient (Wildman–Crippen LogP) is 2.95. The summed E-state index contributed by atoms with van der Waals surface area (Å²) in [6, 6.07) is 13.2. The van der Waals surface area contributed by atoms with Crippen LogP contribution in [0.25, 0.3) is 16.2 Å². The molecule has 134 valence electrons. The number of hydrogen-bond donors (Lipinski definition) is 1. The lowest BCUT2D eigenvalue weighted by Crippen LogP contribution is -2.38. The van der Waals surface area contributed by atoms with Crippen molar-refractivity contribution in [2.75, 3.05) is 6.54 Å². The summed E-state index contributed by atoms with van der Waals surface area (Å²) in [6.07, 6.45) is 2.37. The number of hydrogen-bond acceptors (Lipinski definition) is 4. The predicted molar refractivity (Wildman–Crippen MR) is 104 cm³/mol. The zero-order valence-corrected chi connectivity index (χ0v) is 15.2. The van der Waals surface area contributed by atoms with Gasteiger partial charge >= 0.3 is 5.69 Å². The monoisotopic (exact) mass is 376 g/mol. The summed E-state index contributed by atoms with van der Waals surface area (Å²) in [7, 11) is 0. The molecule has 4 heterocycles. The molecular formula is C20H16N4O2S. The molecule has 0 bridgehead atoms. The lowest BCUT2D eigenvalue weighted by Gasteiger charge is -2.28. The van der Waals surface area contributed by atoms with Crippen molar-refractivity contribution in [3.63, 3.8) is 0 Å². The summed E-state index contributed by atoms with van der Waals surface area (Å²) in [5, 5.41) is 1.99. The van der Waals surface area contributed by atoms with Crippen molar-refractivity contribution < 1.29 is 4.79 Å². The van der Waals surface area contributed by atoms with Gasteiger partial charge in [0.2, 0.25) is 0 Å². The summed E-state index contributed by atoms with van der Waals surface area (Å²) in [4.78, 5) is 35.8. The third-order valence-corrected chi connectivity index (χ3v) is 5.77. The second-order valence-corrected chi connectivity index (χ2v) is 7.47. The highest BCUT2D eigenvalue weighted by Gasteiger charge is 2.26. The Balaban J connectivity index is 1.58. The Morgan fingerprint density at radius 2 is 2.00 bits per heavy atom. The van der Waals surface area contributed by atoms with Gasteiger partial charge in [-0.05, 0) is 23.6 Å². The van der Waals surface area contributed by atoms with Crippen molar-refractivity contribution in [3.8, 4) is 10.6 Å². The van der Waals surface area contributed by atoms with E-state index in [4.69, 9.17) is 4.98 Å². The minimum absolute atomic E-state index is 0.00404. The van der Waals surface area contributed by atoms with Crippen molar-refractivity contribution in [3.05, 3.63) is 81.3 Å². The van der Waals surface area contributed by atoms with E-state index in [9.17, 15) is 9.59 Å². The maximum atomic E-state index is 12.8. The standard InChI is InChI=1S/C20H16N4O2S/c25-19(13-5-2-1-3-6-13)23-9-8-15-14(11-23)18-21-16(17-7-4-10-27-17)12-24(18)20(26)22-15/h1-7,10,12H,8-9,11H2,(H,22,26). The van der Waals surface area contributed by atoms with Crippen LogP contribution in [0.4, 0.5) is 0 Å². The molecule has 1 aromatic carbocycles. The van der Waals surface area contributed by atoms with Crippen molar-refractivity contribution in [1.29, 1.82) is 0 Å². The van der Waals surface area contributed by atoms with E-state index >= 15 is 0 Å². The smallest absolute Gasteiger partial charge is 0.331 e. The van der Waals surface area contributed by atoms with Crippen LogP contribution >= 0.6 is 11.3 Å². The molecule has 4 aromatic rings. The number of aromatic amines is 1. The highest BCUT2D eigenvalue weighted by Crippen LogP contribution is 2.27. The molecule has 7 heteroatoms. The first-order chi connectivity index (χ1) is 13.2. The van der Waals surface area contributed by atoms with Crippen molar-refractivity contribution >= 4 is 22.9 Å². The Kier molecular flexibility index (Phi) is 3.68. The van der Waals surface area contributed by atoms with E-state index in [1.54, 1.807) is 21.9 Å². The summed E-state index contributed by atoms with van der Waals surface area (Å²) in [6.45, 7) is 1.01. The number of nitrogens with one attached hydrogen (secondary N) is 1. The quantitative estimate of drug-likeness (QED) is 0.585. The zero-order chi connectivity index (χ0) is 18.4. The van der Waals surface area contributed by atoms with Crippen LogP contribution in [-0.2, 0) is 13.0 Å². The van der Waals surface area contributed by atoms with Crippen molar-refractivity contribution in [2.24, 2.45) is 0 Å². The van der Waals surface area contributed by atoms with Gasteiger partial charge in [0, 0.05) is 36.0 Å². The van der Waals surface area contributed by atoms with Crippen molar-refractivity contribution in [1.82, 2.24) is 19.3 Å². The molecule has 0 saturated carbocycles. The largest absolute Gasteiger partial charge is 0.334 e. The number of aromatic nitrogens is 3. The van der Waals surface area contributed by atoms with Gasteiger partial charge in [-0.3, -0.25) is 9.20 Å². The normalized spacial score (nSPS) is 13.7. The van der Waals surface area contributed by atoms with Gasteiger partial charge in [-0.15, -0.1) is 11.3 Å². The van der Waals surface area contributed by atoms with Crippen LogP contribution < -0.4 is 5.69 Å². The zero-order valence-electron chi connectivity index (χ0n) is 14.4. The lowest BCUT2D eigenvalue weighted by molar-refractivity contribution is 0.0734. The van der Waals surface area contributed by atoms with Crippen LogP contribution in [0.3, 0.4) is 0 Å². The van der Waals surface area contributed by atoms with E-state index in [1.807, 2.05) is 52.7 Å². The van der Waals surface area contributed by atoms with Gasteiger partial charge in [0.15, 0.2) is 0 Å². The number of nitrogens with zero attached hydrogens (tertiary/aromatic N) is 3. The Hall–Kier alpha value is -3.19.